The van der Waals surface area contributed by atoms with Gasteiger partial charge in [0.05, 0.1) is 6.61 Å². The standard InChI is InChI=1S/C15H22BrNO2/c1-5-9-19-13-8-6-7-12(10-13)14(18)17-15(3,4)11(2)16/h6-8,10-11H,5,9H2,1-4H3,(H,17,18). The Labute approximate surface area is 123 Å². The number of hydrogen-bond donors (Lipinski definition) is 1. The van der Waals surface area contributed by atoms with Gasteiger partial charge in [-0.2, -0.15) is 0 Å². The molecule has 0 saturated heterocycles. The maximum absolute atomic E-state index is 12.2. The third-order valence-corrected chi connectivity index (χ3v) is 4.14. The van der Waals surface area contributed by atoms with E-state index in [0.29, 0.717) is 12.2 Å². The molecule has 1 aromatic rings. The predicted molar refractivity (Wildman–Crippen MR) is 82.2 cm³/mol. The number of carbonyl (C=O) groups excluding carboxylic acids is 1. The minimum atomic E-state index is -0.308. The number of nitrogens with one attached hydrogen (secondary N) is 1. The van der Waals surface area contributed by atoms with Crippen molar-refractivity contribution in [3.63, 3.8) is 0 Å². The van der Waals surface area contributed by atoms with Crippen molar-refractivity contribution in [3.05, 3.63) is 29.8 Å². The van der Waals surface area contributed by atoms with Crippen LogP contribution in [0.2, 0.25) is 0 Å². The van der Waals surface area contributed by atoms with Crippen molar-refractivity contribution in [2.45, 2.75) is 44.5 Å². The number of amides is 1. The molecule has 0 bridgehead atoms. The van der Waals surface area contributed by atoms with Gasteiger partial charge >= 0.3 is 0 Å². The first-order valence-corrected chi connectivity index (χ1v) is 7.48. The molecular formula is C15H22BrNO2. The number of rotatable bonds is 6. The molecule has 19 heavy (non-hydrogen) atoms. The van der Waals surface area contributed by atoms with Crippen molar-refractivity contribution in [1.82, 2.24) is 5.32 Å². The molecule has 1 rings (SSSR count). The molecule has 0 aliphatic rings. The first-order chi connectivity index (χ1) is 8.86. The fraction of sp³-hybridized carbons (Fsp3) is 0.533. The van der Waals surface area contributed by atoms with E-state index in [4.69, 9.17) is 4.74 Å². The van der Waals surface area contributed by atoms with Gasteiger partial charge < -0.3 is 10.1 Å². The van der Waals surface area contributed by atoms with Gasteiger partial charge in [0, 0.05) is 15.9 Å². The summed E-state index contributed by atoms with van der Waals surface area (Å²) in [5, 5.41) is 3.01. The van der Waals surface area contributed by atoms with Crippen LogP contribution in [0, 0.1) is 0 Å². The van der Waals surface area contributed by atoms with Gasteiger partial charge in [0.15, 0.2) is 0 Å². The fourth-order valence-corrected chi connectivity index (χ4v) is 1.53. The van der Waals surface area contributed by atoms with E-state index < -0.39 is 0 Å². The van der Waals surface area contributed by atoms with E-state index in [-0.39, 0.29) is 16.3 Å². The second kappa shape index (κ2) is 6.94. The number of ether oxygens (including phenoxy) is 1. The molecule has 0 saturated carbocycles. The fourth-order valence-electron chi connectivity index (χ4n) is 1.41. The molecule has 4 heteroatoms. The van der Waals surface area contributed by atoms with Gasteiger partial charge in [0.25, 0.3) is 5.91 Å². The molecule has 0 spiro atoms. The number of halogens is 1. The largest absolute Gasteiger partial charge is 0.494 e. The first kappa shape index (κ1) is 16.0. The van der Waals surface area contributed by atoms with Gasteiger partial charge in [0.2, 0.25) is 0 Å². The van der Waals surface area contributed by atoms with Crippen LogP contribution in [0.15, 0.2) is 24.3 Å². The van der Waals surface area contributed by atoms with Gasteiger partial charge in [-0.25, -0.2) is 0 Å². The Morgan fingerprint density at radius 3 is 2.74 bits per heavy atom. The number of benzene rings is 1. The summed E-state index contributed by atoms with van der Waals surface area (Å²) in [5.41, 5.74) is 0.312. The molecule has 0 aromatic heterocycles. The van der Waals surface area contributed by atoms with Gasteiger partial charge in [-0.1, -0.05) is 35.8 Å². The predicted octanol–water partition coefficient (Wildman–Crippen LogP) is 3.77. The van der Waals surface area contributed by atoms with Crippen LogP contribution in [0.1, 0.15) is 44.5 Å². The zero-order chi connectivity index (χ0) is 14.5. The summed E-state index contributed by atoms with van der Waals surface area (Å²) in [5.74, 6) is 0.650. The highest BCUT2D eigenvalue weighted by Crippen LogP contribution is 2.19. The van der Waals surface area contributed by atoms with Crippen molar-refractivity contribution < 1.29 is 9.53 Å². The van der Waals surface area contributed by atoms with E-state index in [1.54, 1.807) is 12.1 Å². The molecule has 0 fully saturated rings. The maximum Gasteiger partial charge on any atom is 0.251 e. The molecule has 1 atom stereocenters. The lowest BCUT2D eigenvalue weighted by molar-refractivity contribution is 0.0913. The van der Waals surface area contributed by atoms with E-state index >= 15 is 0 Å². The van der Waals surface area contributed by atoms with E-state index in [1.807, 2.05) is 32.9 Å². The van der Waals surface area contributed by atoms with Crippen molar-refractivity contribution in [2.24, 2.45) is 0 Å². The van der Waals surface area contributed by atoms with Crippen LogP contribution in [0.4, 0.5) is 0 Å². The molecule has 3 nitrogen and oxygen atoms in total. The minimum absolute atomic E-state index is 0.0850. The Morgan fingerprint density at radius 2 is 2.16 bits per heavy atom. The second-order valence-electron chi connectivity index (χ2n) is 5.17. The van der Waals surface area contributed by atoms with E-state index in [2.05, 4.69) is 28.2 Å². The Morgan fingerprint density at radius 1 is 1.47 bits per heavy atom. The van der Waals surface area contributed by atoms with Crippen LogP contribution in [0.25, 0.3) is 0 Å². The second-order valence-corrected chi connectivity index (χ2v) is 6.54. The van der Waals surface area contributed by atoms with Crippen molar-refractivity contribution >= 4 is 21.8 Å². The summed E-state index contributed by atoms with van der Waals surface area (Å²) >= 11 is 3.51. The molecule has 1 N–H and O–H groups in total. The summed E-state index contributed by atoms with van der Waals surface area (Å²) in [4.78, 5) is 12.4. The SMILES string of the molecule is CCCOc1cccc(C(=O)NC(C)(C)C(C)Br)c1. The van der Waals surface area contributed by atoms with Crippen molar-refractivity contribution in [3.8, 4) is 5.75 Å². The van der Waals surface area contributed by atoms with Crippen LogP contribution < -0.4 is 10.1 Å². The summed E-state index contributed by atoms with van der Waals surface area (Å²) < 4.78 is 5.53. The average Bonchev–Trinajstić information content (AvgIpc) is 2.36. The highest BCUT2D eigenvalue weighted by atomic mass is 79.9. The molecule has 1 aromatic carbocycles. The van der Waals surface area contributed by atoms with Crippen LogP contribution in [0.5, 0.6) is 5.75 Å². The molecule has 0 radical (unpaired) electrons. The van der Waals surface area contributed by atoms with E-state index in [9.17, 15) is 4.79 Å². The summed E-state index contributed by atoms with van der Waals surface area (Å²) in [6.45, 7) is 8.70. The van der Waals surface area contributed by atoms with Crippen LogP contribution in [-0.2, 0) is 0 Å². The third kappa shape index (κ3) is 4.86. The molecule has 0 aliphatic carbocycles. The average molecular weight is 328 g/mol. The van der Waals surface area contributed by atoms with Gasteiger partial charge in [-0.3, -0.25) is 4.79 Å². The van der Waals surface area contributed by atoms with Crippen LogP contribution >= 0.6 is 15.9 Å². The molecule has 0 aliphatic heterocycles. The number of hydrogen-bond acceptors (Lipinski definition) is 2. The highest BCUT2D eigenvalue weighted by Gasteiger charge is 2.26. The van der Waals surface area contributed by atoms with Crippen LogP contribution in [0.3, 0.4) is 0 Å². The lowest BCUT2D eigenvalue weighted by atomic mass is 10.0. The Kier molecular flexibility index (Phi) is 5.85. The summed E-state index contributed by atoms with van der Waals surface area (Å²) in [6.07, 6.45) is 0.949. The van der Waals surface area contributed by atoms with Crippen molar-refractivity contribution in [2.75, 3.05) is 6.61 Å². The van der Waals surface area contributed by atoms with Gasteiger partial charge in [-0.05, 0) is 38.5 Å². The smallest absolute Gasteiger partial charge is 0.251 e. The third-order valence-electron chi connectivity index (χ3n) is 3.00. The Hall–Kier alpha value is -1.03. The quantitative estimate of drug-likeness (QED) is 0.808. The molecule has 1 unspecified atom stereocenters. The summed E-state index contributed by atoms with van der Waals surface area (Å²) in [6, 6.07) is 7.28. The monoisotopic (exact) mass is 327 g/mol. The molecule has 0 heterocycles. The molecular weight excluding hydrogens is 306 g/mol. The normalized spacial score (nSPS) is 12.9. The van der Waals surface area contributed by atoms with E-state index in [1.165, 1.54) is 0 Å². The first-order valence-electron chi connectivity index (χ1n) is 6.56. The Bertz CT molecular complexity index is 430. The summed E-state index contributed by atoms with van der Waals surface area (Å²) in [7, 11) is 0. The lowest BCUT2D eigenvalue weighted by Crippen LogP contribution is -2.48. The van der Waals surface area contributed by atoms with Gasteiger partial charge in [-0.15, -0.1) is 0 Å². The zero-order valence-electron chi connectivity index (χ0n) is 12.0. The zero-order valence-corrected chi connectivity index (χ0v) is 13.6. The molecule has 106 valence electrons. The Balaban J connectivity index is 2.77. The molecule has 1 amide bonds. The maximum atomic E-state index is 12.2. The van der Waals surface area contributed by atoms with Gasteiger partial charge in [0.1, 0.15) is 5.75 Å². The highest BCUT2D eigenvalue weighted by molar-refractivity contribution is 9.09. The van der Waals surface area contributed by atoms with Crippen LogP contribution in [-0.4, -0.2) is 22.9 Å². The number of carbonyl (C=O) groups is 1. The lowest BCUT2D eigenvalue weighted by Gasteiger charge is -2.29. The topological polar surface area (TPSA) is 38.3 Å². The van der Waals surface area contributed by atoms with Crippen molar-refractivity contribution in [1.29, 1.82) is 0 Å². The van der Waals surface area contributed by atoms with E-state index in [0.717, 1.165) is 12.2 Å². The minimum Gasteiger partial charge on any atom is -0.494 e. The number of alkyl halides is 1.